The van der Waals surface area contributed by atoms with Gasteiger partial charge < -0.3 is 10.2 Å². The van der Waals surface area contributed by atoms with Crippen LogP contribution >= 0.6 is 0 Å². The van der Waals surface area contributed by atoms with Gasteiger partial charge in [0.2, 0.25) is 11.8 Å². The molecule has 242 valence electrons. The number of nitrogens with one attached hydrogen (secondary N) is 1. The van der Waals surface area contributed by atoms with Gasteiger partial charge in [-0.3, -0.25) is 13.9 Å². The Morgan fingerprint density at radius 2 is 1.35 bits per heavy atom. The van der Waals surface area contributed by atoms with Gasteiger partial charge in [-0.1, -0.05) is 117 Å². The van der Waals surface area contributed by atoms with Crippen LogP contribution in [0.25, 0.3) is 0 Å². The molecule has 0 saturated carbocycles. The zero-order chi connectivity index (χ0) is 33.3. The maximum absolute atomic E-state index is 14.6. The van der Waals surface area contributed by atoms with Crippen LogP contribution in [0.3, 0.4) is 0 Å². The van der Waals surface area contributed by atoms with Crippen molar-refractivity contribution < 1.29 is 18.0 Å². The highest BCUT2D eigenvalue weighted by molar-refractivity contribution is 7.92. The first kappa shape index (κ1) is 34.4. The van der Waals surface area contributed by atoms with E-state index in [0.717, 1.165) is 27.8 Å². The van der Waals surface area contributed by atoms with E-state index >= 15 is 0 Å². The Hall–Kier alpha value is -4.43. The highest BCUT2D eigenvalue weighted by atomic mass is 32.2. The number of rotatable bonds is 14. The number of sulfonamides is 1. The zero-order valence-corrected chi connectivity index (χ0v) is 28.3. The minimum Gasteiger partial charge on any atom is -0.354 e. The number of para-hydroxylation sites is 1. The maximum Gasteiger partial charge on any atom is 0.264 e. The molecule has 0 saturated heterocycles. The van der Waals surface area contributed by atoms with Crippen molar-refractivity contribution in [2.75, 3.05) is 17.4 Å². The van der Waals surface area contributed by atoms with Gasteiger partial charge in [0.15, 0.2) is 0 Å². The van der Waals surface area contributed by atoms with E-state index in [-0.39, 0.29) is 29.7 Å². The number of nitrogens with zero attached hydrogens (tertiary/aromatic N) is 2. The van der Waals surface area contributed by atoms with Gasteiger partial charge in [-0.25, -0.2) is 8.42 Å². The Bertz CT molecular complexity index is 1700. The molecule has 1 N–H and O–H groups in total. The van der Waals surface area contributed by atoms with Crippen molar-refractivity contribution in [3.63, 3.8) is 0 Å². The van der Waals surface area contributed by atoms with E-state index < -0.39 is 28.5 Å². The molecule has 0 bridgehead atoms. The number of carbonyl (C=O) groups excluding carboxylic acids is 2. The van der Waals surface area contributed by atoms with Gasteiger partial charge in [-0.05, 0) is 61.1 Å². The van der Waals surface area contributed by atoms with Crippen LogP contribution in [0.15, 0.2) is 108 Å². The van der Waals surface area contributed by atoms with Crippen LogP contribution in [0.1, 0.15) is 48.6 Å². The van der Waals surface area contributed by atoms with E-state index in [0.29, 0.717) is 18.7 Å². The Labute approximate surface area is 274 Å². The van der Waals surface area contributed by atoms with Crippen LogP contribution in [0.5, 0.6) is 0 Å². The lowest BCUT2D eigenvalue weighted by atomic mass is 10.0. The third-order valence-electron chi connectivity index (χ3n) is 7.96. The predicted molar refractivity (Wildman–Crippen MR) is 185 cm³/mol. The molecule has 0 fully saturated rings. The number of amides is 2. The second kappa shape index (κ2) is 15.7. The summed E-state index contributed by atoms with van der Waals surface area (Å²) in [4.78, 5) is 30.2. The van der Waals surface area contributed by atoms with Gasteiger partial charge in [0, 0.05) is 19.5 Å². The topological polar surface area (TPSA) is 86.8 Å². The molecule has 0 heterocycles. The Morgan fingerprint density at radius 3 is 1.96 bits per heavy atom. The van der Waals surface area contributed by atoms with Gasteiger partial charge in [-0.2, -0.15) is 0 Å². The van der Waals surface area contributed by atoms with E-state index in [1.165, 1.54) is 4.31 Å². The van der Waals surface area contributed by atoms with Gasteiger partial charge in [0.1, 0.15) is 12.6 Å². The molecule has 0 radical (unpaired) electrons. The molecule has 4 aromatic rings. The summed E-state index contributed by atoms with van der Waals surface area (Å²) >= 11 is 0. The minimum absolute atomic E-state index is 0.0948. The van der Waals surface area contributed by atoms with Crippen LogP contribution in [-0.4, -0.2) is 44.3 Å². The molecule has 0 aliphatic rings. The molecular formula is C38H45N3O4S. The number of benzene rings is 4. The standard InChI is InChI=1S/C38H45N3O4S/c1-6-33-14-10-11-15-35(33)41(46(44,45)34-22-18-30(5)19-23-34)27-37(42)40(26-32-20-16-29(4)17-21-32)36(38(43)39-25-28(2)3)24-31-12-8-7-9-13-31/h7-23,28,36H,6,24-27H2,1-5H3,(H,39,43)/t36-/m0/s1. The highest BCUT2D eigenvalue weighted by Crippen LogP contribution is 2.29. The summed E-state index contributed by atoms with van der Waals surface area (Å²) < 4.78 is 29.8. The molecule has 8 heteroatoms. The largest absolute Gasteiger partial charge is 0.354 e. The molecule has 4 aromatic carbocycles. The van der Waals surface area contributed by atoms with E-state index in [4.69, 9.17) is 0 Å². The van der Waals surface area contributed by atoms with Crippen LogP contribution in [0.2, 0.25) is 0 Å². The second-order valence-electron chi connectivity index (χ2n) is 12.2. The lowest BCUT2D eigenvalue weighted by Gasteiger charge is -2.34. The first-order valence-electron chi connectivity index (χ1n) is 15.8. The van der Waals surface area contributed by atoms with Crippen LogP contribution in [0, 0.1) is 19.8 Å². The molecule has 0 unspecified atom stereocenters. The van der Waals surface area contributed by atoms with Crippen LogP contribution in [-0.2, 0) is 39.0 Å². The van der Waals surface area contributed by atoms with Crippen LogP contribution in [0.4, 0.5) is 5.69 Å². The average molecular weight is 640 g/mol. The Kier molecular flexibility index (Phi) is 11.8. The molecule has 1 atom stereocenters. The molecular weight excluding hydrogens is 595 g/mol. The quantitative estimate of drug-likeness (QED) is 0.171. The van der Waals surface area contributed by atoms with Crippen molar-refractivity contribution in [3.8, 4) is 0 Å². The summed E-state index contributed by atoms with van der Waals surface area (Å²) in [6.45, 7) is 9.99. The van der Waals surface area contributed by atoms with E-state index in [1.54, 1.807) is 41.3 Å². The fraction of sp³-hybridized carbons (Fsp3) is 0.316. The third kappa shape index (κ3) is 8.85. The Morgan fingerprint density at radius 1 is 0.761 bits per heavy atom. The number of hydrogen-bond donors (Lipinski definition) is 1. The highest BCUT2D eigenvalue weighted by Gasteiger charge is 2.35. The SMILES string of the molecule is CCc1ccccc1N(CC(=O)N(Cc1ccc(C)cc1)[C@@H](Cc1ccccc1)C(=O)NCC(C)C)S(=O)(=O)c1ccc(C)cc1. The Balaban J connectivity index is 1.82. The van der Waals surface area contributed by atoms with E-state index in [2.05, 4.69) is 5.32 Å². The maximum atomic E-state index is 14.6. The summed E-state index contributed by atoms with van der Waals surface area (Å²) in [6, 6.07) is 30.4. The average Bonchev–Trinajstić information content (AvgIpc) is 3.05. The number of hydrogen-bond acceptors (Lipinski definition) is 4. The lowest BCUT2D eigenvalue weighted by molar-refractivity contribution is -0.140. The van der Waals surface area contributed by atoms with Crippen molar-refractivity contribution in [2.45, 2.75) is 64.9 Å². The minimum atomic E-state index is -4.15. The summed E-state index contributed by atoms with van der Waals surface area (Å²) in [5.41, 5.74) is 4.98. The lowest BCUT2D eigenvalue weighted by Crippen LogP contribution is -2.53. The van der Waals surface area contributed by atoms with Crippen molar-refractivity contribution in [2.24, 2.45) is 5.92 Å². The zero-order valence-electron chi connectivity index (χ0n) is 27.4. The molecule has 2 amide bonds. The molecule has 7 nitrogen and oxygen atoms in total. The predicted octanol–water partition coefficient (Wildman–Crippen LogP) is 6.47. The second-order valence-corrected chi connectivity index (χ2v) is 14.0. The molecule has 46 heavy (non-hydrogen) atoms. The number of aryl methyl sites for hydroxylation is 3. The van der Waals surface area contributed by atoms with E-state index in [9.17, 15) is 18.0 Å². The molecule has 0 aliphatic carbocycles. The summed E-state index contributed by atoms with van der Waals surface area (Å²) in [5.74, 6) is -0.536. The van der Waals surface area contributed by atoms with Crippen molar-refractivity contribution in [1.29, 1.82) is 0 Å². The monoisotopic (exact) mass is 639 g/mol. The van der Waals surface area contributed by atoms with Gasteiger partial charge in [0.05, 0.1) is 10.6 Å². The summed E-state index contributed by atoms with van der Waals surface area (Å²) in [6.07, 6.45) is 0.851. The van der Waals surface area contributed by atoms with Crippen molar-refractivity contribution in [3.05, 3.63) is 131 Å². The molecule has 0 aromatic heterocycles. The number of carbonyl (C=O) groups is 2. The smallest absolute Gasteiger partial charge is 0.264 e. The summed E-state index contributed by atoms with van der Waals surface area (Å²) in [5, 5.41) is 3.03. The fourth-order valence-corrected chi connectivity index (χ4v) is 6.72. The van der Waals surface area contributed by atoms with Gasteiger partial charge in [0.25, 0.3) is 10.0 Å². The fourth-order valence-electron chi connectivity index (χ4n) is 5.27. The third-order valence-corrected chi connectivity index (χ3v) is 9.73. The van der Waals surface area contributed by atoms with Crippen molar-refractivity contribution >= 4 is 27.5 Å². The first-order valence-corrected chi connectivity index (χ1v) is 17.3. The van der Waals surface area contributed by atoms with Crippen LogP contribution < -0.4 is 9.62 Å². The summed E-state index contributed by atoms with van der Waals surface area (Å²) in [7, 11) is -4.15. The van der Waals surface area contributed by atoms with Gasteiger partial charge in [-0.15, -0.1) is 0 Å². The van der Waals surface area contributed by atoms with Crippen molar-refractivity contribution in [1.82, 2.24) is 10.2 Å². The number of anilines is 1. The molecule has 4 rings (SSSR count). The van der Waals surface area contributed by atoms with E-state index in [1.807, 2.05) is 101 Å². The molecule has 0 spiro atoms. The molecule has 0 aliphatic heterocycles. The normalized spacial score (nSPS) is 12.0. The first-order chi connectivity index (χ1) is 22.0. The van der Waals surface area contributed by atoms with Gasteiger partial charge >= 0.3 is 0 Å².